The minimum absolute atomic E-state index is 1.07. The Labute approximate surface area is 395 Å². The zero-order chi connectivity index (χ0) is 45.0. The molecule has 0 aliphatic rings. The highest BCUT2D eigenvalue weighted by atomic mass is 15.1. The van der Waals surface area contributed by atoms with Gasteiger partial charge in [0.2, 0.25) is 0 Å². The van der Waals surface area contributed by atoms with E-state index in [1.165, 1.54) is 76.4 Å². The van der Waals surface area contributed by atoms with Crippen LogP contribution in [0, 0.1) is 0 Å². The summed E-state index contributed by atoms with van der Waals surface area (Å²) in [6.07, 6.45) is 0. The normalized spacial score (nSPS) is 11.5. The predicted octanol–water partition coefficient (Wildman–Crippen LogP) is 18.4. The minimum Gasteiger partial charge on any atom is -0.310 e. The first kappa shape index (κ1) is 39.4. The lowest BCUT2D eigenvalue weighted by atomic mass is 9.92. The van der Waals surface area contributed by atoms with Crippen LogP contribution in [0.1, 0.15) is 0 Å². The average Bonchev–Trinajstić information content (AvgIpc) is 3.73. The van der Waals surface area contributed by atoms with Crippen LogP contribution in [0.5, 0.6) is 0 Å². The maximum Gasteiger partial charge on any atom is 0.0547 e. The van der Waals surface area contributed by atoms with Crippen LogP contribution in [0.4, 0.5) is 17.1 Å². The van der Waals surface area contributed by atoms with Gasteiger partial charge in [-0.3, -0.25) is 0 Å². The highest BCUT2D eigenvalue weighted by Crippen LogP contribution is 2.47. The lowest BCUT2D eigenvalue weighted by Crippen LogP contribution is -2.11. The van der Waals surface area contributed by atoms with Crippen molar-refractivity contribution in [3.63, 3.8) is 0 Å². The number of hydrogen-bond acceptors (Lipinski definition) is 1. The topological polar surface area (TPSA) is 8.17 Å². The van der Waals surface area contributed by atoms with Gasteiger partial charge in [0, 0.05) is 33.1 Å². The van der Waals surface area contributed by atoms with Gasteiger partial charge in [0.05, 0.1) is 22.4 Å². The van der Waals surface area contributed by atoms with Crippen molar-refractivity contribution in [3.05, 3.63) is 267 Å². The summed E-state index contributed by atoms with van der Waals surface area (Å²) in [5.41, 5.74) is 16.2. The molecule has 0 saturated heterocycles. The van der Waals surface area contributed by atoms with Crippen molar-refractivity contribution in [2.75, 3.05) is 4.90 Å². The van der Waals surface area contributed by atoms with Crippen molar-refractivity contribution in [1.29, 1.82) is 0 Å². The summed E-state index contributed by atoms with van der Waals surface area (Å²) in [5.74, 6) is 0. The van der Waals surface area contributed by atoms with Gasteiger partial charge in [-0.05, 0) is 127 Å². The molecule has 0 radical (unpaired) electrons. The third-order valence-electron chi connectivity index (χ3n) is 13.8. The third kappa shape index (κ3) is 6.73. The SMILES string of the molecule is c1ccc(-c2ccc(N(c3ccc(-c4ccccc4-n4c5ccccc5c5cc6ccccc6cc54)c(-c4ccccc4)c3)c3ccc(-c4ccc5ccccc5c4)c4ccccc34)cc2)cc1. The second-order valence-electron chi connectivity index (χ2n) is 17.7. The smallest absolute Gasteiger partial charge is 0.0547 e. The Bertz CT molecular complexity index is 4020. The maximum atomic E-state index is 2.47. The van der Waals surface area contributed by atoms with E-state index in [4.69, 9.17) is 0 Å². The number of benzene rings is 12. The molecule has 0 aliphatic carbocycles. The molecule has 0 spiro atoms. The predicted molar refractivity (Wildman–Crippen MR) is 290 cm³/mol. The molecular weight excluding hydrogens is 821 g/mol. The van der Waals surface area contributed by atoms with Crippen LogP contribution in [0.15, 0.2) is 267 Å². The van der Waals surface area contributed by atoms with Gasteiger partial charge in [0.15, 0.2) is 0 Å². The number of aromatic nitrogens is 1. The fraction of sp³-hybridized carbons (Fsp3) is 0. The van der Waals surface area contributed by atoms with Gasteiger partial charge in [0.1, 0.15) is 0 Å². The van der Waals surface area contributed by atoms with Crippen LogP contribution < -0.4 is 4.90 Å². The first-order valence-electron chi connectivity index (χ1n) is 23.4. The van der Waals surface area contributed by atoms with E-state index >= 15 is 0 Å². The maximum absolute atomic E-state index is 2.47. The van der Waals surface area contributed by atoms with Crippen LogP contribution in [0.3, 0.4) is 0 Å². The Morgan fingerprint density at radius 1 is 0.250 bits per heavy atom. The van der Waals surface area contributed by atoms with Gasteiger partial charge < -0.3 is 9.47 Å². The van der Waals surface area contributed by atoms with Gasteiger partial charge in [-0.2, -0.15) is 0 Å². The van der Waals surface area contributed by atoms with Gasteiger partial charge >= 0.3 is 0 Å². The molecule has 12 aromatic carbocycles. The van der Waals surface area contributed by atoms with Crippen molar-refractivity contribution >= 4 is 71.2 Å². The number of para-hydroxylation sites is 2. The molecule has 0 aliphatic heterocycles. The summed E-state index contributed by atoms with van der Waals surface area (Å²) >= 11 is 0. The summed E-state index contributed by atoms with van der Waals surface area (Å²) in [6, 6.07) is 97.7. The van der Waals surface area contributed by atoms with E-state index in [2.05, 4.69) is 276 Å². The van der Waals surface area contributed by atoms with Gasteiger partial charge in [-0.15, -0.1) is 0 Å². The molecule has 13 aromatic rings. The summed E-state index contributed by atoms with van der Waals surface area (Å²) in [5, 5.41) is 9.83. The van der Waals surface area contributed by atoms with Gasteiger partial charge in [-0.25, -0.2) is 0 Å². The monoisotopic (exact) mass is 864 g/mol. The third-order valence-corrected chi connectivity index (χ3v) is 13.8. The molecule has 0 bridgehead atoms. The Hall–Kier alpha value is -8.98. The highest BCUT2D eigenvalue weighted by molar-refractivity contribution is 6.14. The van der Waals surface area contributed by atoms with Crippen molar-refractivity contribution in [3.8, 4) is 50.2 Å². The Morgan fingerprint density at radius 2 is 0.809 bits per heavy atom. The molecule has 13 rings (SSSR count). The lowest BCUT2D eigenvalue weighted by Gasteiger charge is -2.29. The van der Waals surface area contributed by atoms with Crippen molar-refractivity contribution in [2.45, 2.75) is 0 Å². The quantitative estimate of drug-likeness (QED) is 0.148. The number of nitrogens with zero attached hydrogens (tertiary/aromatic N) is 2. The zero-order valence-corrected chi connectivity index (χ0v) is 37.3. The van der Waals surface area contributed by atoms with Crippen molar-refractivity contribution in [2.24, 2.45) is 0 Å². The van der Waals surface area contributed by atoms with E-state index < -0.39 is 0 Å². The molecule has 0 saturated carbocycles. The Kier molecular flexibility index (Phi) is 9.54. The Morgan fingerprint density at radius 3 is 1.59 bits per heavy atom. The summed E-state index contributed by atoms with van der Waals surface area (Å²) in [6.45, 7) is 0. The van der Waals surface area contributed by atoms with E-state index in [-0.39, 0.29) is 0 Å². The first-order valence-corrected chi connectivity index (χ1v) is 23.4. The summed E-state index contributed by atoms with van der Waals surface area (Å²) in [4.78, 5) is 2.45. The van der Waals surface area contributed by atoms with Gasteiger partial charge in [0.25, 0.3) is 0 Å². The van der Waals surface area contributed by atoms with E-state index in [1.807, 2.05) is 0 Å². The molecule has 2 heteroatoms. The van der Waals surface area contributed by atoms with Crippen LogP contribution >= 0.6 is 0 Å². The van der Waals surface area contributed by atoms with Crippen LogP contribution in [-0.4, -0.2) is 4.57 Å². The molecule has 0 atom stereocenters. The largest absolute Gasteiger partial charge is 0.310 e. The minimum atomic E-state index is 1.07. The standard InChI is InChI=1S/C66H44N2/c1-3-17-45(18-4-1)47-33-35-53(36-34-47)67(65-40-39-55(56-25-11-12-26-58(56)65)52-32-31-46-19-7-8-22-49(46)41-52)54-37-38-57(61(44-54)48-20-5-2-6-21-48)59-27-13-15-29-63(59)68-64-30-16-14-28-60(64)62-42-50-23-9-10-24-51(50)43-66(62)68/h1-44H. The number of hydrogen-bond donors (Lipinski definition) is 0. The molecule has 318 valence electrons. The fourth-order valence-corrected chi connectivity index (χ4v) is 10.5. The average molecular weight is 865 g/mol. The first-order chi connectivity index (χ1) is 33.7. The molecule has 0 unspecified atom stereocenters. The number of anilines is 3. The highest BCUT2D eigenvalue weighted by Gasteiger charge is 2.22. The molecule has 0 fully saturated rings. The van der Waals surface area contributed by atoms with E-state index in [0.717, 1.165) is 45.0 Å². The molecule has 1 aromatic heterocycles. The Balaban J connectivity index is 1.03. The second-order valence-corrected chi connectivity index (χ2v) is 17.7. The summed E-state index contributed by atoms with van der Waals surface area (Å²) in [7, 11) is 0. The molecule has 2 nitrogen and oxygen atoms in total. The van der Waals surface area contributed by atoms with E-state index in [0.29, 0.717) is 0 Å². The zero-order valence-electron chi connectivity index (χ0n) is 37.3. The number of rotatable bonds is 8. The number of fused-ring (bicyclic) bond motifs is 6. The second kappa shape index (κ2) is 16.5. The molecule has 68 heavy (non-hydrogen) atoms. The summed E-state index contributed by atoms with van der Waals surface area (Å²) < 4.78 is 2.47. The van der Waals surface area contributed by atoms with E-state index in [1.54, 1.807) is 0 Å². The van der Waals surface area contributed by atoms with Crippen LogP contribution in [-0.2, 0) is 0 Å². The molecule has 0 amide bonds. The fourth-order valence-electron chi connectivity index (χ4n) is 10.5. The molecule has 1 heterocycles. The van der Waals surface area contributed by atoms with Gasteiger partial charge in [-0.1, -0.05) is 206 Å². The van der Waals surface area contributed by atoms with Crippen LogP contribution in [0.25, 0.3) is 104 Å². The van der Waals surface area contributed by atoms with Crippen molar-refractivity contribution in [1.82, 2.24) is 4.57 Å². The van der Waals surface area contributed by atoms with Crippen molar-refractivity contribution < 1.29 is 0 Å². The lowest BCUT2D eigenvalue weighted by molar-refractivity contribution is 1.18. The molecule has 0 N–H and O–H groups in total. The van der Waals surface area contributed by atoms with Crippen LogP contribution in [0.2, 0.25) is 0 Å². The van der Waals surface area contributed by atoms with E-state index in [9.17, 15) is 0 Å². The molecular formula is C66H44N2.